The molecule has 2 aromatic carbocycles. The molecule has 2 amide bonds. The third-order valence-corrected chi connectivity index (χ3v) is 7.09. The SMILES string of the molecule is COC(=O)C(Cc1ccccc1)NC(=O)Cc1csc(CC(NC(=O)OC(C)(C)C)c2ccc(NS(=O)(=O)O)cc2)n1. The van der Waals surface area contributed by atoms with Crippen molar-refractivity contribution < 1.29 is 36.8 Å². The third-order valence-electron chi connectivity index (χ3n) is 5.67. The van der Waals surface area contributed by atoms with Crippen LogP contribution in [0.5, 0.6) is 0 Å². The Hall–Kier alpha value is -4.01. The molecular weight excluding hydrogens is 584 g/mol. The molecule has 0 aliphatic rings. The Morgan fingerprint density at radius 1 is 1.00 bits per heavy atom. The van der Waals surface area contributed by atoms with E-state index in [9.17, 15) is 22.8 Å². The molecule has 1 aromatic heterocycles. The third kappa shape index (κ3) is 11.1. The first-order chi connectivity index (χ1) is 19.7. The first kappa shape index (κ1) is 32.5. The number of benzene rings is 2. The second-order valence-electron chi connectivity index (χ2n) is 10.3. The fourth-order valence-electron chi connectivity index (χ4n) is 3.93. The molecule has 226 valence electrons. The number of aromatic nitrogens is 1. The molecule has 4 N–H and O–H groups in total. The van der Waals surface area contributed by atoms with Crippen LogP contribution in [0.4, 0.5) is 10.5 Å². The van der Waals surface area contributed by atoms with Crippen molar-refractivity contribution in [3.63, 3.8) is 0 Å². The number of hydrogen-bond acceptors (Lipinski definition) is 9. The number of alkyl carbamates (subject to hydrolysis) is 1. The second-order valence-corrected chi connectivity index (χ2v) is 12.4. The molecule has 3 rings (SSSR count). The molecule has 0 radical (unpaired) electrons. The van der Waals surface area contributed by atoms with Gasteiger partial charge in [0.25, 0.3) is 0 Å². The van der Waals surface area contributed by atoms with Crippen LogP contribution in [0, 0.1) is 0 Å². The van der Waals surface area contributed by atoms with Gasteiger partial charge >= 0.3 is 22.4 Å². The molecule has 0 aliphatic heterocycles. The van der Waals surface area contributed by atoms with Gasteiger partial charge in [0.2, 0.25) is 5.91 Å². The zero-order valence-corrected chi connectivity index (χ0v) is 25.3. The van der Waals surface area contributed by atoms with Crippen LogP contribution in [0.15, 0.2) is 60.0 Å². The van der Waals surface area contributed by atoms with Crippen LogP contribution in [-0.4, -0.2) is 54.7 Å². The number of nitrogens with zero attached hydrogens (tertiary/aromatic N) is 1. The number of amides is 2. The van der Waals surface area contributed by atoms with Crippen LogP contribution in [0.1, 0.15) is 48.6 Å². The van der Waals surface area contributed by atoms with E-state index < -0.39 is 46.0 Å². The first-order valence-electron chi connectivity index (χ1n) is 12.9. The quantitative estimate of drug-likeness (QED) is 0.175. The van der Waals surface area contributed by atoms with E-state index in [2.05, 4.69) is 15.6 Å². The predicted molar refractivity (Wildman–Crippen MR) is 157 cm³/mol. The van der Waals surface area contributed by atoms with E-state index in [0.29, 0.717) is 16.3 Å². The Morgan fingerprint density at radius 3 is 2.26 bits per heavy atom. The van der Waals surface area contributed by atoms with E-state index in [1.807, 2.05) is 35.1 Å². The predicted octanol–water partition coefficient (Wildman–Crippen LogP) is 3.61. The maximum absolute atomic E-state index is 12.8. The zero-order valence-electron chi connectivity index (χ0n) is 23.6. The molecule has 0 fully saturated rings. The Labute approximate surface area is 248 Å². The Morgan fingerprint density at radius 2 is 1.67 bits per heavy atom. The fraction of sp³-hybridized carbons (Fsp3) is 0.357. The summed E-state index contributed by atoms with van der Waals surface area (Å²) in [5, 5.41) is 7.88. The van der Waals surface area contributed by atoms with Crippen LogP contribution in [0.3, 0.4) is 0 Å². The molecule has 42 heavy (non-hydrogen) atoms. The lowest BCUT2D eigenvalue weighted by Gasteiger charge is -2.23. The van der Waals surface area contributed by atoms with E-state index in [0.717, 1.165) is 5.56 Å². The lowest BCUT2D eigenvalue weighted by molar-refractivity contribution is -0.145. The summed E-state index contributed by atoms with van der Waals surface area (Å²) in [6.07, 6.45) is -0.206. The number of rotatable bonds is 12. The number of carbonyl (C=O) groups is 3. The number of nitrogens with one attached hydrogen (secondary N) is 3. The highest BCUT2D eigenvalue weighted by molar-refractivity contribution is 7.87. The minimum absolute atomic E-state index is 0.0705. The lowest BCUT2D eigenvalue weighted by atomic mass is 10.0. The van der Waals surface area contributed by atoms with Crippen molar-refractivity contribution in [3.8, 4) is 0 Å². The summed E-state index contributed by atoms with van der Waals surface area (Å²) >= 11 is 1.30. The van der Waals surface area contributed by atoms with E-state index in [-0.39, 0.29) is 24.9 Å². The summed E-state index contributed by atoms with van der Waals surface area (Å²) in [5.41, 5.74) is 1.38. The van der Waals surface area contributed by atoms with Gasteiger partial charge < -0.3 is 20.1 Å². The van der Waals surface area contributed by atoms with Gasteiger partial charge in [-0.2, -0.15) is 8.42 Å². The van der Waals surface area contributed by atoms with E-state index in [4.69, 9.17) is 14.0 Å². The lowest BCUT2D eigenvalue weighted by Crippen LogP contribution is -2.43. The largest absolute Gasteiger partial charge is 0.467 e. The van der Waals surface area contributed by atoms with E-state index >= 15 is 0 Å². The number of thiazole rings is 1. The van der Waals surface area contributed by atoms with Gasteiger partial charge in [-0.15, -0.1) is 11.3 Å². The maximum atomic E-state index is 12.8. The highest BCUT2D eigenvalue weighted by Crippen LogP contribution is 2.24. The van der Waals surface area contributed by atoms with Crippen molar-refractivity contribution >= 4 is 45.3 Å². The van der Waals surface area contributed by atoms with Gasteiger partial charge in [-0.25, -0.2) is 14.6 Å². The molecule has 0 spiro atoms. The monoisotopic (exact) mass is 618 g/mol. The van der Waals surface area contributed by atoms with Crippen LogP contribution in [0.2, 0.25) is 0 Å². The maximum Gasteiger partial charge on any atom is 0.408 e. The summed E-state index contributed by atoms with van der Waals surface area (Å²) in [6, 6.07) is 13.9. The molecular formula is C28H34N4O8S2. The van der Waals surface area contributed by atoms with Gasteiger partial charge in [0.1, 0.15) is 11.6 Å². The highest BCUT2D eigenvalue weighted by Gasteiger charge is 2.24. The standard InChI is InChI=1S/C28H34N4O8S2/c1-28(2,3)40-27(35)31-22(19-10-12-20(13-11-19)32-42(36,37)38)16-25-29-21(17-41-25)15-24(33)30-23(26(34)39-4)14-18-8-6-5-7-9-18/h5-13,17,22-23,32H,14-16H2,1-4H3,(H,30,33)(H,31,35)(H,36,37,38). The normalized spacial score (nSPS) is 13.0. The van der Waals surface area contributed by atoms with Crippen molar-refractivity contribution in [1.82, 2.24) is 15.6 Å². The van der Waals surface area contributed by atoms with Crippen molar-refractivity contribution in [1.29, 1.82) is 0 Å². The minimum atomic E-state index is -4.44. The van der Waals surface area contributed by atoms with Crippen LogP contribution >= 0.6 is 11.3 Å². The number of ether oxygens (including phenoxy) is 2. The number of anilines is 1. The number of methoxy groups -OCH3 is 1. The average Bonchev–Trinajstić information content (AvgIpc) is 3.33. The smallest absolute Gasteiger partial charge is 0.408 e. The van der Waals surface area contributed by atoms with Crippen LogP contribution < -0.4 is 15.4 Å². The van der Waals surface area contributed by atoms with E-state index in [1.165, 1.54) is 30.6 Å². The summed E-state index contributed by atoms with van der Waals surface area (Å²) in [6.45, 7) is 5.21. The fourth-order valence-corrected chi connectivity index (χ4v) is 5.20. The molecule has 0 saturated carbocycles. The van der Waals surface area contributed by atoms with Gasteiger partial charge in [0, 0.05) is 18.2 Å². The molecule has 0 bridgehead atoms. The zero-order chi connectivity index (χ0) is 30.9. The van der Waals surface area contributed by atoms with Crippen molar-refractivity contribution in [2.45, 2.75) is 57.7 Å². The average molecular weight is 619 g/mol. The summed E-state index contributed by atoms with van der Waals surface area (Å²) in [5.74, 6) is -0.955. The van der Waals surface area contributed by atoms with Crippen LogP contribution in [0.25, 0.3) is 0 Å². The molecule has 14 heteroatoms. The molecule has 0 saturated heterocycles. The van der Waals surface area contributed by atoms with Crippen molar-refractivity contribution in [3.05, 3.63) is 81.8 Å². The molecule has 2 unspecified atom stereocenters. The first-order valence-corrected chi connectivity index (χ1v) is 15.2. The molecule has 12 nitrogen and oxygen atoms in total. The Bertz CT molecular complexity index is 1470. The Balaban J connectivity index is 1.71. The van der Waals surface area contributed by atoms with Crippen molar-refractivity contribution in [2.24, 2.45) is 0 Å². The highest BCUT2D eigenvalue weighted by atomic mass is 32.2. The summed E-state index contributed by atoms with van der Waals surface area (Å²) in [7, 11) is -3.18. The van der Waals surface area contributed by atoms with Gasteiger partial charge in [0.15, 0.2) is 0 Å². The molecule has 1 heterocycles. The van der Waals surface area contributed by atoms with Gasteiger partial charge in [-0.3, -0.25) is 14.1 Å². The van der Waals surface area contributed by atoms with E-state index in [1.54, 1.807) is 38.3 Å². The summed E-state index contributed by atoms with van der Waals surface area (Å²) in [4.78, 5) is 42.2. The Kier molecular flexibility index (Phi) is 11.0. The molecule has 3 aromatic rings. The van der Waals surface area contributed by atoms with Gasteiger partial charge in [-0.1, -0.05) is 42.5 Å². The number of hydrogen-bond donors (Lipinski definition) is 4. The number of carbonyl (C=O) groups excluding carboxylic acids is 3. The molecule has 2 atom stereocenters. The van der Waals surface area contributed by atoms with Crippen LogP contribution in [-0.2, 0) is 48.6 Å². The van der Waals surface area contributed by atoms with Gasteiger partial charge in [0.05, 0.1) is 36.0 Å². The summed E-state index contributed by atoms with van der Waals surface area (Å²) < 4.78 is 43.5. The second kappa shape index (κ2) is 14.2. The molecule has 0 aliphatic carbocycles. The minimum Gasteiger partial charge on any atom is -0.467 e. The topological polar surface area (TPSA) is 173 Å². The van der Waals surface area contributed by atoms with Crippen molar-refractivity contribution in [2.75, 3.05) is 11.8 Å². The number of esters is 1. The van der Waals surface area contributed by atoms with Gasteiger partial charge in [-0.05, 0) is 44.0 Å².